The Balaban J connectivity index is 1.92. The monoisotopic (exact) mass is 576 g/mol. The number of hydrogen-bond donors (Lipinski definition) is 2. The Labute approximate surface area is 170 Å². The summed E-state index contributed by atoms with van der Waals surface area (Å²) in [4.78, 5) is 20.5. The normalized spacial score (nSPS) is 20.5. The molecule has 24 heavy (non-hydrogen) atoms. The Morgan fingerprint density at radius 2 is 1.96 bits per heavy atom. The van der Waals surface area contributed by atoms with E-state index >= 15 is 0 Å². The van der Waals surface area contributed by atoms with Crippen molar-refractivity contribution in [1.82, 2.24) is 4.98 Å². The SMILES string of the molecule is O=C1C(c2[nH]c3c(Br)cc(Br)cc3c2O)=NC2=C(Br)C=C(Br)CC12. The Kier molecular flexibility index (Phi) is 4.14. The molecule has 1 aromatic carbocycles. The number of fused-ring (bicyclic) bond motifs is 2. The van der Waals surface area contributed by atoms with Gasteiger partial charge in [-0.2, -0.15) is 0 Å². The molecule has 4 rings (SSSR count). The van der Waals surface area contributed by atoms with Gasteiger partial charge in [-0.1, -0.05) is 31.9 Å². The number of aromatic amines is 1. The van der Waals surface area contributed by atoms with Crippen LogP contribution in [-0.2, 0) is 4.79 Å². The average molecular weight is 580 g/mol. The van der Waals surface area contributed by atoms with Crippen LogP contribution in [0.2, 0.25) is 0 Å². The van der Waals surface area contributed by atoms with E-state index in [1.54, 1.807) is 6.07 Å². The van der Waals surface area contributed by atoms with Gasteiger partial charge >= 0.3 is 0 Å². The summed E-state index contributed by atoms with van der Waals surface area (Å²) in [6.07, 6.45) is 2.48. The zero-order valence-corrected chi connectivity index (χ0v) is 18.2. The number of aromatic hydroxyl groups is 1. The minimum Gasteiger partial charge on any atom is -0.505 e. The molecule has 1 aromatic heterocycles. The van der Waals surface area contributed by atoms with E-state index in [1.807, 2.05) is 12.1 Å². The second kappa shape index (κ2) is 5.93. The van der Waals surface area contributed by atoms with Crippen LogP contribution in [0.4, 0.5) is 0 Å². The highest BCUT2D eigenvalue weighted by Crippen LogP contribution is 2.43. The van der Waals surface area contributed by atoms with Gasteiger partial charge in [-0.05, 0) is 61.0 Å². The van der Waals surface area contributed by atoms with Gasteiger partial charge in [0.2, 0.25) is 0 Å². The molecule has 0 radical (unpaired) electrons. The molecule has 2 aromatic rings. The minimum atomic E-state index is -0.324. The Morgan fingerprint density at radius 3 is 2.71 bits per heavy atom. The molecule has 8 heteroatoms. The van der Waals surface area contributed by atoms with Crippen molar-refractivity contribution < 1.29 is 9.90 Å². The molecule has 1 atom stereocenters. The number of Topliss-reactive ketones (excluding diaryl/α,β-unsaturated/α-hetero) is 1. The summed E-state index contributed by atoms with van der Waals surface area (Å²) in [6, 6.07) is 3.68. The third-order valence-corrected chi connectivity index (χ3v) is 6.34. The maximum atomic E-state index is 12.8. The summed E-state index contributed by atoms with van der Waals surface area (Å²) in [6.45, 7) is 0. The predicted molar refractivity (Wildman–Crippen MR) is 108 cm³/mol. The highest BCUT2D eigenvalue weighted by Gasteiger charge is 2.39. The Hall–Kier alpha value is -0.700. The maximum Gasteiger partial charge on any atom is 0.192 e. The molecule has 1 aliphatic heterocycles. The fraction of sp³-hybridized carbons (Fsp3) is 0.125. The molecule has 2 N–H and O–H groups in total. The van der Waals surface area contributed by atoms with Gasteiger partial charge in [-0.15, -0.1) is 0 Å². The van der Waals surface area contributed by atoms with Crippen molar-refractivity contribution in [2.45, 2.75) is 6.42 Å². The van der Waals surface area contributed by atoms with Crippen LogP contribution in [0, 0.1) is 5.92 Å². The number of carbonyl (C=O) groups excluding carboxylic acids is 1. The van der Waals surface area contributed by atoms with Crippen molar-refractivity contribution in [2.75, 3.05) is 0 Å². The number of nitrogens with one attached hydrogen (secondary N) is 1. The first-order chi connectivity index (χ1) is 11.4. The van der Waals surface area contributed by atoms with Crippen molar-refractivity contribution >= 4 is 86.1 Å². The third-order valence-electron chi connectivity index (χ3n) is 4.07. The van der Waals surface area contributed by atoms with E-state index < -0.39 is 0 Å². The molecular weight excluding hydrogens is 572 g/mol. The van der Waals surface area contributed by atoms with Crippen LogP contribution < -0.4 is 0 Å². The fourth-order valence-electron chi connectivity index (χ4n) is 2.97. The number of carbonyl (C=O) groups is 1. The third kappa shape index (κ3) is 2.50. The summed E-state index contributed by atoms with van der Waals surface area (Å²) >= 11 is 13.8. The van der Waals surface area contributed by atoms with Crippen LogP contribution in [0.25, 0.3) is 10.9 Å². The van der Waals surface area contributed by atoms with E-state index in [4.69, 9.17) is 0 Å². The molecule has 122 valence electrons. The molecule has 2 heterocycles. The Morgan fingerprint density at radius 1 is 1.21 bits per heavy atom. The summed E-state index contributed by atoms with van der Waals surface area (Å²) < 4.78 is 3.35. The number of aliphatic imine (C=N–C) groups is 1. The molecular formula is C16H8Br4N2O2. The second-order valence-electron chi connectivity index (χ2n) is 5.56. The van der Waals surface area contributed by atoms with Gasteiger partial charge in [0.15, 0.2) is 11.5 Å². The van der Waals surface area contributed by atoms with E-state index in [1.165, 1.54) is 0 Å². The largest absolute Gasteiger partial charge is 0.505 e. The first kappa shape index (κ1) is 16.8. The van der Waals surface area contributed by atoms with E-state index in [0.29, 0.717) is 23.2 Å². The number of H-pyrrole nitrogens is 1. The number of aromatic nitrogens is 1. The van der Waals surface area contributed by atoms with Gasteiger partial charge in [0, 0.05) is 18.8 Å². The van der Waals surface area contributed by atoms with Gasteiger partial charge in [-0.25, -0.2) is 4.99 Å². The molecule has 0 fully saturated rings. The summed E-state index contributed by atoms with van der Waals surface area (Å²) in [5.74, 6) is -0.389. The summed E-state index contributed by atoms with van der Waals surface area (Å²) in [5, 5.41) is 11.2. The quantitative estimate of drug-likeness (QED) is 0.457. The van der Waals surface area contributed by atoms with Crippen LogP contribution in [0.3, 0.4) is 0 Å². The lowest BCUT2D eigenvalue weighted by atomic mass is 9.93. The summed E-state index contributed by atoms with van der Waals surface area (Å²) in [5.41, 5.74) is 2.05. The van der Waals surface area contributed by atoms with Crippen LogP contribution in [0.5, 0.6) is 5.75 Å². The number of ketones is 1. The summed E-state index contributed by atoms with van der Waals surface area (Å²) in [7, 11) is 0. The molecule has 1 aliphatic carbocycles. The smallest absolute Gasteiger partial charge is 0.192 e. The number of benzene rings is 1. The molecule has 0 bridgehead atoms. The van der Waals surface area contributed by atoms with E-state index in [2.05, 4.69) is 73.7 Å². The minimum absolute atomic E-state index is 0.0292. The second-order valence-corrected chi connectivity index (χ2v) is 9.21. The topological polar surface area (TPSA) is 65.5 Å². The lowest BCUT2D eigenvalue weighted by Gasteiger charge is -2.14. The molecule has 0 amide bonds. The van der Waals surface area contributed by atoms with Crippen molar-refractivity contribution in [1.29, 1.82) is 0 Å². The van der Waals surface area contributed by atoms with E-state index in [9.17, 15) is 9.90 Å². The molecule has 0 saturated heterocycles. The van der Waals surface area contributed by atoms with Gasteiger partial charge in [0.25, 0.3) is 0 Å². The van der Waals surface area contributed by atoms with Crippen molar-refractivity contribution in [3.63, 3.8) is 0 Å². The number of hydrogen-bond acceptors (Lipinski definition) is 3. The number of nitrogens with zero attached hydrogens (tertiary/aromatic N) is 1. The fourth-order valence-corrected chi connectivity index (χ4v) is 5.80. The van der Waals surface area contributed by atoms with Crippen LogP contribution in [0.1, 0.15) is 12.1 Å². The highest BCUT2D eigenvalue weighted by molar-refractivity contribution is 9.12. The van der Waals surface area contributed by atoms with Gasteiger partial charge < -0.3 is 10.1 Å². The van der Waals surface area contributed by atoms with E-state index in [-0.39, 0.29) is 23.2 Å². The average Bonchev–Trinajstić information content (AvgIpc) is 2.99. The molecule has 1 unspecified atom stereocenters. The molecule has 4 nitrogen and oxygen atoms in total. The standard InChI is InChI=1S/C16H8Br4N2O2/c17-5-1-7-11(9(19)3-5)21-13(15(7)23)14-16(24)8-2-6(18)4-10(20)12(8)22-14/h1,3-4,8,21,23H,2H2. The lowest BCUT2D eigenvalue weighted by Crippen LogP contribution is -2.20. The molecule has 0 saturated carbocycles. The number of allylic oxidation sites excluding steroid dienone is 4. The van der Waals surface area contributed by atoms with Gasteiger partial charge in [0.05, 0.1) is 17.1 Å². The van der Waals surface area contributed by atoms with Gasteiger partial charge in [0.1, 0.15) is 11.4 Å². The zero-order chi connectivity index (χ0) is 17.2. The first-order valence-corrected chi connectivity index (χ1v) is 10.1. The first-order valence-electron chi connectivity index (χ1n) is 6.95. The van der Waals surface area contributed by atoms with Gasteiger partial charge in [-0.3, -0.25) is 4.79 Å². The highest BCUT2D eigenvalue weighted by atomic mass is 79.9. The maximum absolute atomic E-state index is 12.8. The van der Waals surface area contributed by atoms with Crippen LogP contribution in [-0.4, -0.2) is 21.6 Å². The number of halogens is 4. The van der Waals surface area contributed by atoms with E-state index in [0.717, 1.165) is 23.4 Å². The molecule has 0 spiro atoms. The predicted octanol–water partition coefficient (Wildman–Crippen LogP) is 5.68. The van der Waals surface area contributed by atoms with Crippen molar-refractivity contribution in [3.8, 4) is 5.75 Å². The molecule has 2 aliphatic rings. The number of rotatable bonds is 1. The van der Waals surface area contributed by atoms with Crippen LogP contribution in [0.15, 0.2) is 46.8 Å². The van der Waals surface area contributed by atoms with Crippen LogP contribution >= 0.6 is 63.7 Å². The Bertz CT molecular complexity index is 1020. The van der Waals surface area contributed by atoms with Crippen molar-refractivity contribution in [3.05, 3.63) is 47.5 Å². The van der Waals surface area contributed by atoms with Crippen molar-refractivity contribution in [2.24, 2.45) is 10.9 Å². The zero-order valence-electron chi connectivity index (χ0n) is 11.8. The lowest BCUT2D eigenvalue weighted by molar-refractivity contribution is -0.114.